The van der Waals surface area contributed by atoms with E-state index in [1.807, 2.05) is 6.92 Å². The summed E-state index contributed by atoms with van der Waals surface area (Å²) in [5.41, 5.74) is 1.14. The van der Waals surface area contributed by atoms with Crippen molar-refractivity contribution < 1.29 is 14.6 Å². The highest BCUT2D eigenvalue weighted by Gasteiger charge is 2.31. The lowest BCUT2D eigenvalue weighted by molar-refractivity contribution is 0.0963. The number of ether oxygens (including phenoxy) is 1. The van der Waals surface area contributed by atoms with Gasteiger partial charge < -0.3 is 9.84 Å². The quantitative estimate of drug-likeness (QED) is 0.879. The molecule has 2 aromatic rings. The number of rotatable bonds is 5. The van der Waals surface area contributed by atoms with Crippen LogP contribution in [-0.2, 0) is 11.3 Å². The Bertz CT molecular complexity index is 750. The lowest BCUT2D eigenvalue weighted by atomic mass is 10.2. The first-order chi connectivity index (χ1) is 11.1. The van der Waals surface area contributed by atoms with Crippen molar-refractivity contribution in [2.24, 2.45) is 0 Å². The molecule has 0 saturated carbocycles. The first-order valence-electron chi connectivity index (χ1n) is 7.48. The summed E-state index contributed by atoms with van der Waals surface area (Å²) in [6.07, 6.45) is 1.33. The molecule has 122 valence electrons. The Morgan fingerprint density at radius 3 is 2.57 bits per heavy atom. The zero-order chi connectivity index (χ0) is 16.4. The van der Waals surface area contributed by atoms with E-state index < -0.39 is 12.2 Å². The predicted octanol–water partition coefficient (Wildman–Crippen LogP) is 0.762. The topological polar surface area (TPSA) is 89.6 Å². The third kappa shape index (κ3) is 2.85. The third-order valence-electron chi connectivity index (χ3n) is 3.69. The van der Waals surface area contributed by atoms with Gasteiger partial charge in [0.15, 0.2) is 0 Å². The molecule has 0 spiro atoms. The van der Waals surface area contributed by atoms with Gasteiger partial charge in [0, 0.05) is 12.2 Å². The third-order valence-corrected chi connectivity index (χ3v) is 3.69. The van der Waals surface area contributed by atoms with Crippen molar-refractivity contribution in [2.75, 3.05) is 18.1 Å². The van der Waals surface area contributed by atoms with Crippen LogP contribution in [0.25, 0.3) is 5.69 Å². The average Bonchev–Trinajstić information content (AvgIpc) is 3.12. The molecule has 8 heteroatoms. The molecule has 3 rings (SSSR count). The minimum Gasteiger partial charge on any atom is -0.441 e. The highest BCUT2D eigenvalue weighted by molar-refractivity contribution is 5.89. The highest BCUT2D eigenvalue weighted by Crippen LogP contribution is 2.22. The largest absolute Gasteiger partial charge is 0.441 e. The number of aliphatic hydroxyl groups is 1. The van der Waals surface area contributed by atoms with Gasteiger partial charge in [0.1, 0.15) is 12.4 Å². The maximum absolute atomic E-state index is 12.2. The Balaban J connectivity index is 1.83. The number of aryl methyl sites for hydroxylation is 1. The molecule has 1 N–H and O–H groups in total. The molecule has 1 aliphatic rings. The number of hydrogen-bond donors (Lipinski definition) is 1. The molecule has 0 radical (unpaired) electrons. The molecule has 1 aromatic heterocycles. The van der Waals surface area contributed by atoms with Crippen LogP contribution < -0.4 is 10.6 Å². The summed E-state index contributed by atoms with van der Waals surface area (Å²) >= 11 is 0. The number of cyclic esters (lactones) is 1. The number of aliphatic hydroxyl groups excluding tert-OH is 1. The van der Waals surface area contributed by atoms with Crippen LogP contribution in [0.5, 0.6) is 0 Å². The van der Waals surface area contributed by atoms with E-state index in [1.54, 1.807) is 24.3 Å². The summed E-state index contributed by atoms with van der Waals surface area (Å²) in [5.74, 6) is 0. The summed E-state index contributed by atoms with van der Waals surface area (Å²) < 4.78 is 7.88. The molecule has 1 aromatic carbocycles. The van der Waals surface area contributed by atoms with Crippen LogP contribution in [-0.4, -0.2) is 44.8 Å². The van der Waals surface area contributed by atoms with Gasteiger partial charge in [-0.15, -0.1) is 0 Å². The normalized spacial score (nSPS) is 17.6. The van der Waals surface area contributed by atoms with Crippen LogP contribution in [0.2, 0.25) is 0 Å². The minimum absolute atomic E-state index is 0.194. The number of hydrogen-bond acceptors (Lipinski definition) is 5. The maximum atomic E-state index is 12.2. The van der Waals surface area contributed by atoms with E-state index in [1.165, 1.54) is 20.5 Å². The number of aromatic nitrogens is 3. The number of carbonyl (C=O) groups is 1. The van der Waals surface area contributed by atoms with Crippen molar-refractivity contribution in [3.63, 3.8) is 0 Å². The van der Waals surface area contributed by atoms with Gasteiger partial charge in [-0.25, -0.2) is 18.8 Å². The molecule has 23 heavy (non-hydrogen) atoms. The number of nitrogens with zero attached hydrogens (tertiary/aromatic N) is 4. The van der Waals surface area contributed by atoms with Crippen LogP contribution in [0.15, 0.2) is 35.4 Å². The molecule has 1 fully saturated rings. The molecule has 1 amide bonds. The summed E-state index contributed by atoms with van der Waals surface area (Å²) in [7, 11) is 0. The van der Waals surface area contributed by atoms with E-state index in [-0.39, 0.29) is 12.3 Å². The van der Waals surface area contributed by atoms with Gasteiger partial charge >= 0.3 is 11.8 Å². The Morgan fingerprint density at radius 1 is 1.26 bits per heavy atom. The second kappa shape index (κ2) is 6.25. The zero-order valence-corrected chi connectivity index (χ0v) is 12.8. The van der Waals surface area contributed by atoms with E-state index in [2.05, 4.69) is 5.10 Å². The summed E-state index contributed by atoms with van der Waals surface area (Å²) in [6, 6.07) is 6.96. The van der Waals surface area contributed by atoms with Crippen molar-refractivity contribution >= 4 is 11.8 Å². The SMILES string of the molecule is CCCn1ncn(-c2ccc(N3C[C@H](CO)OC3=O)cc2)c1=O. The molecule has 8 nitrogen and oxygen atoms in total. The Kier molecular flexibility index (Phi) is 4.16. The smallest absolute Gasteiger partial charge is 0.414 e. The highest BCUT2D eigenvalue weighted by atomic mass is 16.6. The fourth-order valence-electron chi connectivity index (χ4n) is 2.50. The van der Waals surface area contributed by atoms with E-state index in [9.17, 15) is 9.59 Å². The van der Waals surface area contributed by atoms with Crippen LogP contribution in [0.4, 0.5) is 10.5 Å². The van der Waals surface area contributed by atoms with Gasteiger partial charge in [-0.05, 0) is 30.7 Å². The maximum Gasteiger partial charge on any atom is 0.414 e. The van der Waals surface area contributed by atoms with Crippen molar-refractivity contribution in [3.8, 4) is 5.69 Å². The minimum atomic E-state index is -0.503. The second-order valence-corrected chi connectivity index (χ2v) is 5.32. The van der Waals surface area contributed by atoms with E-state index in [0.29, 0.717) is 24.5 Å². The van der Waals surface area contributed by atoms with Crippen molar-refractivity contribution in [3.05, 3.63) is 41.1 Å². The lowest BCUT2D eigenvalue weighted by Gasteiger charge is -2.13. The Morgan fingerprint density at radius 2 is 1.96 bits per heavy atom. The van der Waals surface area contributed by atoms with Gasteiger partial charge in [-0.1, -0.05) is 6.92 Å². The van der Waals surface area contributed by atoms with Gasteiger partial charge in [-0.2, -0.15) is 5.10 Å². The van der Waals surface area contributed by atoms with Crippen molar-refractivity contribution in [1.29, 1.82) is 0 Å². The Labute approximate surface area is 132 Å². The van der Waals surface area contributed by atoms with Crippen LogP contribution in [0.3, 0.4) is 0 Å². The average molecular weight is 318 g/mol. The van der Waals surface area contributed by atoms with Crippen molar-refractivity contribution in [2.45, 2.75) is 26.0 Å². The van der Waals surface area contributed by atoms with Crippen LogP contribution in [0, 0.1) is 0 Å². The molecule has 1 saturated heterocycles. The lowest BCUT2D eigenvalue weighted by Crippen LogP contribution is -2.25. The monoisotopic (exact) mass is 318 g/mol. The molecular formula is C15H18N4O4. The van der Waals surface area contributed by atoms with Gasteiger partial charge in [0.25, 0.3) is 0 Å². The van der Waals surface area contributed by atoms with Crippen LogP contribution in [0.1, 0.15) is 13.3 Å². The number of anilines is 1. The van der Waals surface area contributed by atoms with E-state index in [0.717, 1.165) is 6.42 Å². The predicted molar refractivity (Wildman–Crippen MR) is 82.8 cm³/mol. The van der Waals surface area contributed by atoms with Gasteiger partial charge in [0.2, 0.25) is 0 Å². The molecule has 1 atom stereocenters. The first kappa shape index (κ1) is 15.3. The molecule has 2 heterocycles. The summed E-state index contributed by atoms with van der Waals surface area (Å²) in [6.45, 7) is 2.66. The molecule has 0 unspecified atom stereocenters. The fourth-order valence-corrected chi connectivity index (χ4v) is 2.50. The number of benzene rings is 1. The van der Waals surface area contributed by atoms with Gasteiger partial charge in [-0.3, -0.25) is 4.90 Å². The van der Waals surface area contributed by atoms with Crippen LogP contribution >= 0.6 is 0 Å². The summed E-state index contributed by atoms with van der Waals surface area (Å²) in [5, 5.41) is 13.1. The molecule has 0 bridgehead atoms. The standard InChI is InChI=1S/C15H18N4O4/c1-2-7-19-14(21)18(10-16-19)12-5-3-11(4-6-12)17-8-13(9-20)23-15(17)22/h3-6,10,13,20H,2,7-9H2,1H3/t13-/m1/s1. The number of amides is 1. The van der Waals surface area contributed by atoms with Crippen molar-refractivity contribution in [1.82, 2.24) is 14.3 Å². The Hall–Kier alpha value is -2.61. The molecule has 0 aliphatic carbocycles. The first-order valence-corrected chi connectivity index (χ1v) is 7.48. The van der Waals surface area contributed by atoms with E-state index in [4.69, 9.17) is 9.84 Å². The molecular weight excluding hydrogens is 300 g/mol. The summed E-state index contributed by atoms with van der Waals surface area (Å²) in [4.78, 5) is 25.4. The number of carbonyl (C=O) groups excluding carboxylic acids is 1. The second-order valence-electron chi connectivity index (χ2n) is 5.32. The fraction of sp³-hybridized carbons (Fsp3) is 0.400. The van der Waals surface area contributed by atoms with Gasteiger partial charge in [0.05, 0.1) is 18.8 Å². The van der Waals surface area contributed by atoms with E-state index >= 15 is 0 Å². The molecule has 1 aliphatic heterocycles. The zero-order valence-electron chi connectivity index (χ0n) is 12.8.